The molecule has 1 amide bonds. The summed E-state index contributed by atoms with van der Waals surface area (Å²) in [5, 5.41) is 14.8. The zero-order chi connectivity index (χ0) is 22.9. The summed E-state index contributed by atoms with van der Waals surface area (Å²) in [6.07, 6.45) is 4.16. The van der Waals surface area contributed by atoms with Crippen LogP contribution in [0.1, 0.15) is 44.9 Å². The number of para-hydroxylation sites is 1. The SMILES string of the molecule is CC(C)c1nc(-c2ccc(N3CCCCC3C(=O)Nc3cccc4cn[nH]c34)c(F)c2)no1. The minimum absolute atomic E-state index is 0.0931. The van der Waals surface area contributed by atoms with Gasteiger partial charge in [-0.3, -0.25) is 9.89 Å². The van der Waals surface area contributed by atoms with Gasteiger partial charge in [0.25, 0.3) is 0 Å². The van der Waals surface area contributed by atoms with Crippen molar-refractivity contribution >= 4 is 28.2 Å². The van der Waals surface area contributed by atoms with Gasteiger partial charge in [-0.1, -0.05) is 31.1 Å². The highest BCUT2D eigenvalue weighted by molar-refractivity contribution is 6.03. The summed E-state index contributed by atoms with van der Waals surface area (Å²) in [6.45, 7) is 4.51. The Hall–Kier alpha value is -3.75. The van der Waals surface area contributed by atoms with E-state index in [9.17, 15) is 4.79 Å². The summed E-state index contributed by atoms with van der Waals surface area (Å²) in [6, 6.07) is 10.0. The second-order valence-electron chi connectivity index (χ2n) is 8.61. The maximum absolute atomic E-state index is 15.2. The van der Waals surface area contributed by atoms with Gasteiger partial charge >= 0.3 is 0 Å². The predicted molar refractivity (Wildman–Crippen MR) is 123 cm³/mol. The lowest BCUT2D eigenvalue weighted by Gasteiger charge is -2.36. The number of fused-ring (bicyclic) bond motifs is 1. The molecule has 8 nitrogen and oxygen atoms in total. The van der Waals surface area contributed by atoms with Crippen molar-refractivity contribution in [2.45, 2.75) is 45.1 Å². The van der Waals surface area contributed by atoms with Crippen LogP contribution in [-0.2, 0) is 4.79 Å². The van der Waals surface area contributed by atoms with E-state index in [-0.39, 0.29) is 11.8 Å². The molecule has 2 aromatic heterocycles. The van der Waals surface area contributed by atoms with Gasteiger partial charge < -0.3 is 14.7 Å². The quantitative estimate of drug-likeness (QED) is 0.452. The second kappa shape index (κ2) is 8.65. The second-order valence-corrected chi connectivity index (χ2v) is 8.61. The highest BCUT2D eigenvalue weighted by Gasteiger charge is 2.31. The lowest BCUT2D eigenvalue weighted by Crippen LogP contribution is -2.47. The van der Waals surface area contributed by atoms with Crippen LogP contribution in [0.2, 0.25) is 0 Å². The molecule has 0 bridgehead atoms. The first kappa shape index (κ1) is 21.1. The Balaban J connectivity index is 1.40. The van der Waals surface area contributed by atoms with Gasteiger partial charge in [-0.05, 0) is 43.5 Å². The van der Waals surface area contributed by atoms with Crippen LogP contribution >= 0.6 is 0 Å². The van der Waals surface area contributed by atoms with Crippen LogP contribution in [0.4, 0.5) is 15.8 Å². The first-order valence-electron chi connectivity index (χ1n) is 11.1. The van der Waals surface area contributed by atoms with Crippen LogP contribution in [0.15, 0.2) is 47.1 Å². The van der Waals surface area contributed by atoms with Crippen molar-refractivity contribution in [2.75, 3.05) is 16.8 Å². The first-order chi connectivity index (χ1) is 16.0. The van der Waals surface area contributed by atoms with Crippen LogP contribution in [-0.4, -0.2) is 38.8 Å². The monoisotopic (exact) mass is 448 g/mol. The molecule has 1 unspecified atom stereocenters. The fourth-order valence-electron chi connectivity index (χ4n) is 4.25. The number of aromatic amines is 1. The number of carbonyl (C=O) groups is 1. The van der Waals surface area contributed by atoms with Crippen molar-refractivity contribution in [2.24, 2.45) is 0 Å². The minimum Gasteiger partial charge on any atom is -0.357 e. The summed E-state index contributed by atoms with van der Waals surface area (Å²) in [4.78, 5) is 19.4. The Morgan fingerprint density at radius 3 is 2.94 bits per heavy atom. The molecule has 9 heteroatoms. The van der Waals surface area contributed by atoms with Crippen molar-refractivity contribution in [1.82, 2.24) is 20.3 Å². The summed E-state index contributed by atoms with van der Waals surface area (Å²) in [7, 11) is 0. The van der Waals surface area contributed by atoms with E-state index in [2.05, 4.69) is 25.7 Å². The fraction of sp³-hybridized carbons (Fsp3) is 0.333. The van der Waals surface area contributed by atoms with Gasteiger partial charge in [0, 0.05) is 23.4 Å². The Kier molecular flexibility index (Phi) is 5.53. The number of anilines is 2. The van der Waals surface area contributed by atoms with Crippen molar-refractivity contribution < 1.29 is 13.7 Å². The molecule has 4 aromatic rings. The van der Waals surface area contributed by atoms with E-state index in [1.807, 2.05) is 36.9 Å². The molecule has 2 N–H and O–H groups in total. The molecule has 0 spiro atoms. The molecule has 2 aromatic carbocycles. The van der Waals surface area contributed by atoms with Gasteiger partial charge in [0.05, 0.1) is 23.1 Å². The summed E-state index contributed by atoms with van der Waals surface area (Å²) >= 11 is 0. The number of H-pyrrole nitrogens is 1. The largest absolute Gasteiger partial charge is 0.357 e. The number of amides is 1. The smallest absolute Gasteiger partial charge is 0.247 e. The number of carbonyl (C=O) groups excluding carboxylic acids is 1. The molecule has 3 heterocycles. The summed E-state index contributed by atoms with van der Waals surface area (Å²) < 4.78 is 20.5. The zero-order valence-electron chi connectivity index (χ0n) is 18.5. The van der Waals surface area contributed by atoms with E-state index in [1.54, 1.807) is 18.3 Å². The molecule has 1 atom stereocenters. The van der Waals surface area contributed by atoms with Gasteiger partial charge in [0.2, 0.25) is 17.6 Å². The molecule has 0 aliphatic carbocycles. The highest BCUT2D eigenvalue weighted by Crippen LogP contribution is 2.31. The third kappa shape index (κ3) is 4.06. The highest BCUT2D eigenvalue weighted by atomic mass is 19.1. The molecular formula is C24H25FN6O2. The molecule has 170 valence electrons. The van der Waals surface area contributed by atoms with Crippen molar-refractivity contribution in [3.63, 3.8) is 0 Å². The van der Waals surface area contributed by atoms with E-state index in [0.29, 0.717) is 41.6 Å². The normalized spacial score (nSPS) is 16.5. The van der Waals surface area contributed by atoms with E-state index >= 15 is 4.39 Å². The summed E-state index contributed by atoms with van der Waals surface area (Å²) in [5.74, 6) is 0.369. The van der Waals surface area contributed by atoms with Gasteiger partial charge in [0.15, 0.2) is 0 Å². The minimum atomic E-state index is -0.477. The Labute approximate surface area is 190 Å². The zero-order valence-corrected chi connectivity index (χ0v) is 18.5. The molecule has 0 saturated carbocycles. The number of hydrogen-bond acceptors (Lipinski definition) is 6. The Morgan fingerprint density at radius 2 is 2.15 bits per heavy atom. The number of rotatable bonds is 5. The van der Waals surface area contributed by atoms with Crippen LogP contribution in [0.3, 0.4) is 0 Å². The number of nitrogens with one attached hydrogen (secondary N) is 2. The van der Waals surface area contributed by atoms with Gasteiger partial charge in [-0.15, -0.1) is 0 Å². The van der Waals surface area contributed by atoms with Gasteiger partial charge in [-0.25, -0.2) is 4.39 Å². The molecule has 5 rings (SSSR count). The van der Waals surface area contributed by atoms with Gasteiger partial charge in [0.1, 0.15) is 11.9 Å². The lowest BCUT2D eigenvalue weighted by atomic mass is 9.99. The van der Waals surface area contributed by atoms with E-state index in [4.69, 9.17) is 4.52 Å². The molecule has 33 heavy (non-hydrogen) atoms. The van der Waals surface area contributed by atoms with Crippen molar-refractivity contribution in [3.05, 3.63) is 54.3 Å². The third-order valence-corrected chi connectivity index (χ3v) is 5.99. The number of hydrogen-bond donors (Lipinski definition) is 2. The molecule has 1 aliphatic heterocycles. The number of nitrogens with zero attached hydrogens (tertiary/aromatic N) is 4. The summed E-state index contributed by atoms with van der Waals surface area (Å²) in [5.41, 5.74) is 2.36. The maximum Gasteiger partial charge on any atom is 0.247 e. The average Bonchev–Trinajstić information content (AvgIpc) is 3.50. The number of benzene rings is 2. The Bertz CT molecular complexity index is 1300. The van der Waals surface area contributed by atoms with E-state index in [0.717, 1.165) is 23.7 Å². The molecule has 0 radical (unpaired) electrons. The van der Waals surface area contributed by atoms with Crippen molar-refractivity contribution in [1.29, 1.82) is 0 Å². The van der Waals surface area contributed by atoms with Crippen molar-refractivity contribution in [3.8, 4) is 11.4 Å². The average molecular weight is 449 g/mol. The Morgan fingerprint density at radius 1 is 1.27 bits per heavy atom. The van der Waals surface area contributed by atoms with Crippen LogP contribution in [0, 0.1) is 5.82 Å². The number of aromatic nitrogens is 4. The molecular weight excluding hydrogens is 423 g/mol. The molecule has 1 fully saturated rings. The third-order valence-electron chi connectivity index (χ3n) is 5.99. The first-order valence-corrected chi connectivity index (χ1v) is 11.1. The maximum atomic E-state index is 15.2. The van der Waals surface area contributed by atoms with Crippen LogP contribution in [0.5, 0.6) is 0 Å². The fourth-order valence-corrected chi connectivity index (χ4v) is 4.25. The number of piperidine rings is 1. The molecule has 1 aliphatic rings. The molecule has 1 saturated heterocycles. The number of halogens is 1. The predicted octanol–water partition coefficient (Wildman–Crippen LogP) is 4.87. The van der Waals surface area contributed by atoms with Crippen LogP contribution < -0.4 is 10.2 Å². The van der Waals surface area contributed by atoms with E-state index < -0.39 is 11.9 Å². The topological polar surface area (TPSA) is 99.9 Å². The van der Waals surface area contributed by atoms with E-state index in [1.165, 1.54) is 6.07 Å². The lowest BCUT2D eigenvalue weighted by molar-refractivity contribution is -0.117. The van der Waals surface area contributed by atoms with Gasteiger partial charge in [-0.2, -0.15) is 10.1 Å². The van der Waals surface area contributed by atoms with Crippen LogP contribution in [0.25, 0.3) is 22.3 Å². The standard InChI is InChI=1S/C24H25FN6O2/c1-14(2)24-28-22(30-33-24)15-9-10-19(17(25)12-15)31-11-4-3-8-20(31)23(32)27-18-7-5-6-16-13-26-29-21(16)18/h5-7,9-10,12-14,20H,3-4,8,11H2,1-2H3,(H,26,29)(H,27,32).